The van der Waals surface area contributed by atoms with Crippen molar-refractivity contribution in [1.82, 2.24) is 25.0 Å². The third-order valence-corrected chi connectivity index (χ3v) is 4.76. The first kappa shape index (κ1) is 15.0. The third kappa shape index (κ3) is 2.70. The molecule has 2 aliphatic rings. The molecular formula is C14H21N5O3. The van der Waals surface area contributed by atoms with Gasteiger partial charge in [0.1, 0.15) is 19.2 Å². The van der Waals surface area contributed by atoms with Gasteiger partial charge in [0.2, 0.25) is 11.8 Å². The third-order valence-electron chi connectivity index (χ3n) is 4.76. The summed E-state index contributed by atoms with van der Waals surface area (Å²) >= 11 is 0. The Morgan fingerprint density at radius 2 is 2.14 bits per heavy atom. The lowest BCUT2D eigenvalue weighted by atomic mass is 9.91. The van der Waals surface area contributed by atoms with Gasteiger partial charge in [0.05, 0.1) is 18.2 Å². The van der Waals surface area contributed by atoms with Gasteiger partial charge in [0.25, 0.3) is 0 Å². The number of nitrogens with one attached hydrogen (secondary N) is 1. The van der Waals surface area contributed by atoms with Crippen molar-refractivity contribution >= 4 is 11.8 Å². The molecule has 1 spiro atoms. The van der Waals surface area contributed by atoms with Crippen LogP contribution in [0.2, 0.25) is 0 Å². The smallest absolute Gasteiger partial charge is 0.242 e. The van der Waals surface area contributed by atoms with E-state index in [1.54, 1.807) is 4.90 Å². The van der Waals surface area contributed by atoms with Crippen LogP contribution in [0.25, 0.3) is 0 Å². The average Bonchev–Trinajstić information content (AvgIpc) is 3.22. The molecule has 3 rings (SSSR count). The maximum absolute atomic E-state index is 12.4. The second-order valence-corrected chi connectivity index (χ2v) is 6.03. The van der Waals surface area contributed by atoms with Gasteiger partial charge in [0, 0.05) is 6.54 Å². The largest absolute Gasteiger partial charge is 0.391 e. The first-order valence-electron chi connectivity index (χ1n) is 7.69. The summed E-state index contributed by atoms with van der Waals surface area (Å²) < 4.78 is 1.40. The van der Waals surface area contributed by atoms with Crippen molar-refractivity contribution in [2.45, 2.75) is 50.3 Å². The summed E-state index contributed by atoms with van der Waals surface area (Å²) in [6.07, 6.45) is 6.78. The molecular weight excluding hydrogens is 286 g/mol. The number of likely N-dealkylation sites (tertiary alicyclic amines) is 1. The maximum Gasteiger partial charge on any atom is 0.242 e. The number of hydrogen-bond donors (Lipinski definition) is 2. The van der Waals surface area contributed by atoms with E-state index in [0.717, 1.165) is 25.7 Å². The van der Waals surface area contributed by atoms with Crippen molar-refractivity contribution in [1.29, 1.82) is 0 Å². The Kier molecular flexibility index (Phi) is 4.10. The second-order valence-electron chi connectivity index (χ2n) is 6.03. The normalized spacial score (nSPS) is 23.1. The number of aromatic nitrogens is 3. The zero-order valence-electron chi connectivity index (χ0n) is 12.4. The van der Waals surface area contributed by atoms with Crippen LogP contribution in [0.4, 0.5) is 0 Å². The Morgan fingerprint density at radius 3 is 2.82 bits per heavy atom. The molecule has 0 bridgehead atoms. The molecule has 2 heterocycles. The van der Waals surface area contributed by atoms with Gasteiger partial charge in [0.15, 0.2) is 0 Å². The molecule has 1 aliphatic carbocycles. The lowest BCUT2D eigenvalue weighted by molar-refractivity contribution is -0.138. The van der Waals surface area contributed by atoms with Crippen LogP contribution in [0, 0.1) is 0 Å². The van der Waals surface area contributed by atoms with E-state index in [2.05, 4.69) is 15.4 Å². The fraction of sp³-hybridized carbons (Fsp3) is 0.714. The predicted molar refractivity (Wildman–Crippen MR) is 76.6 cm³/mol. The van der Waals surface area contributed by atoms with Gasteiger partial charge in [-0.25, -0.2) is 9.67 Å². The molecule has 0 radical (unpaired) electrons. The number of aliphatic hydroxyl groups excluding tert-OH is 1. The van der Waals surface area contributed by atoms with E-state index in [4.69, 9.17) is 0 Å². The SMILES string of the molecule is O=C(Cn1cncn1)NCC(=O)N1CCC(O)C12CCCC2. The Bertz CT molecular complexity index is 539. The van der Waals surface area contributed by atoms with E-state index in [0.29, 0.717) is 13.0 Å². The average molecular weight is 307 g/mol. The van der Waals surface area contributed by atoms with Crippen LogP contribution in [-0.4, -0.2) is 61.3 Å². The Balaban J connectivity index is 1.54. The summed E-state index contributed by atoms with van der Waals surface area (Å²) in [5.74, 6) is -0.399. The van der Waals surface area contributed by atoms with Crippen LogP contribution in [0.15, 0.2) is 12.7 Å². The van der Waals surface area contributed by atoms with Crippen LogP contribution in [0.1, 0.15) is 32.1 Å². The quantitative estimate of drug-likeness (QED) is 0.766. The Hall–Kier alpha value is -1.96. The van der Waals surface area contributed by atoms with Crippen LogP contribution < -0.4 is 5.32 Å². The number of aliphatic hydroxyl groups is 1. The van der Waals surface area contributed by atoms with Gasteiger partial charge < -0.3 is 15.3 Å². The molecule has 2 fully saturated rings. The number of hydrogen-bond acceptors (Lipinski definition) is 5. The molecule has 8 nitrogen and oxygen atoms in total. The van der Waals surface area contributed by atoms with Gasteiger partial charge in [-0.2, -0.15) is 5.10 Å². The van der Waals surface area contributed by atoms with Crippen molar-refractivity contribution in [2.75, 3.05) is 13.1 Å². The summed E-state index contributed by atoms with van der Waals surface area (Å²) in [6.45, 7) is 0.571. The molecule has 1 aliphatic heterocycles. The van der Waals surface area contributed by atoms with Gasteiger partial charge in [-0.15, -0.1) is 0 Å². The van der Waals surface area contributed by atoms with Crippen LogP contribution >= 0.6 is 0 Å². The fourth-order valence-corrected chi connectivity index (χ4v) is 3.67. The molecule has 8 heteroatoms. The van der Waals surface area contributed by atoms with Crippen molar-refractivity contribution in [3.8, 4) is 0 Å². The van der Waals surface area contributed by atoms with Crippen LogP contribution in [0.5, 0.6) is 0 Å². The zero-order valence-corrected chi connectivity index (χ0v) is 12.4. The summed E-state index contributed by atoms with van der Waals surface area (Å²) in [5, 5.41) is 16.7. The summed E-state index contributed by atoms with van der Waals surface area (Å²) in [5.41, 5.74) is -0.395. The Labute approximate surface area is 128 Å². The van der Waals surface area contributed by atoms with E-state index in [-0.39, 0.29) is 24.9 Å². The van der Waals surface area contributed by atoms with Crippen molar-refractivity contribution in [2.24, 2.45) is 0 Å². The minimum absolute atomic E-state index is 0.0397. The molecule has 0 aromatic carbocycles. The van der Waals surface area contributed by atoms with Crippen LogP contribution in [0.3, 0.4) is 0 Å². The van der Waals surface area contributed by atoms with Gasteiger partial charge in [-0.05, 0) is 19.3 Å². The summed E-state index contributed by atoms with van der Waals surface area (Å²) in [7, 11) is 0. The monoisotopic (exact) mass is 307 g/mol. The predicted octanol–water partition coefficient (Wildman–Crippen LogP) is -0.700. The highest BCUT2D eigenvalue weighted by Gasteiger charge is 2.51. The number of carbonyl (C=O) groups excluding carboxylic acids is 2. The standard InChI is InChI=1S/C14H21N5O3/c20-11-3-6-19(14(11)4-1-2-5-14)13(22)7-16-12(21)8-18-10-15-9-17-18/h9-11,20H,1-8H2,(H,16,21). The lowest BCUT2D eigenvalue weighted by Crippen LogP contribution is -2.53. The number of amides is 2. The molecule has 2 amide bonds. The van der Waals surface area contributed by atoms with Gasteiger partial charge >= 0.3 is 0 Å². The highest BCUT2D eigenvalue weighted by Crippen LogP contribution is 2.43. The Morgan fingerprint density at radius 1 is 1.36 bits per heavy atom. The minimum atomic E-state index is -0.440. The van der Waals surface area contributed by atoms with Gasteiger partial charge in [-0.1, -0.05) is 12.8 Å². The summed E-state index contributed by atoms with van der Waals surface area (Å²) in [4.78, 5) is 29.7. The van der Waals surface area contributed by atoms with Crippen molar-refractivity contribution in [3.63, 3.8) is 0 Å². The molecule has 120 valence electrons. The number of rotatable bonds is 4. The van der Waals surface area contributed by atoms with E-state index in [9.17, 15) is 14.7 Å². The maximum atomic E-state index is 12.4. The molecule has 1 atom stereocenters. The molecule has 1 unspecified atom stereocenters. The number of nitrogens with zero attached hydrogens (tertiary/aromatic N) is 4. The summed E-state index contributed by atoms with van der Waals surface area (Å²) in [6, 6.07) is 0. The first-order valence-corrected chi connectivity index (χ1v) is 7.69. The zero-order chi connectivity index (χ0) is 15.6. The minimum Gasteiger partial charge on any atom is -0.391 e. The van der Waals surface area contributed by atoms with Crippen molar-refractivity contribution in [3.05, 3.63) is 12.7 Å². The molecule has 1 aromatic heterocycles. The van der Waals surface area contributed by atoms with E-state index >= 15 is 0 Å². The molecule has 2 N–H and O–H groups in total. The highest BCUT2D eigenvalue weighted by molar-refractivity contribution is 5.85. The van der Waals surface area contributed by atoms with Crippen molar-refractivity contribution < 1.29 is 14.7 Å². The highest BCUT2D eigenvalue weighted by atomic mass is 16.3. The topological polar surface area (TPSA) is 100 Å². The van der Waals surface area contributed by atoms with E-state index < -0.39 is 11.6 Å². The second kappa shape index (κ2) is 6.04. The molecule has 1 aromatic rings. The van der Waals surface area contributed by atoms with E-state index in [1.165, 1.54) is 17.3 Å². The molecule has 1 saturated heterocycles. The lowest BCUT2D eigenvalue weighted by Gasteiger charge is -2.37. The van der Waals surface area contributed by atoms with E-state index in [1.807, 2.05) is 0 Å². The molecule has 1 saturated carbocycles. The fourth-order valence-electron chi connectivity index (χ4n) is 3.67. The number of carbonyl (C=O) groups is 2. The molecule has 22 heavy (non-hydrogen) atoms. The van der Waals surface area contributed by atoms with Crippen LogP contribution in [-0.2, 0) is 16.1 Å². The van der Waals surface area contributed by atoms with Gasteiger partial charge in [-0.3, -0.25) is 9.59 Å². The first-order chi connectivity index (χ1) is 10.6.